The topological polar surface area (TPSA) is 29.9 Å². The number of nitrogens with zero attached hydrogens (tertiary/aromatic N) is 1. The highest BCUT2D eigenvalue weighted by Gasteiger charge is 2.50. The Bertz CT molecular complexity index is 703. The average Bonchev–Trinajstić information content (AvgIpc) is 2.69. The second-order valence-electron chi connectivity index (χ2n) is 5.98. The van der Waals surface area contributed by atoms with Gasteiger partial charge in [0.15, 0.2) is 4.77 Å². The lowest BCUT2D eigenvalue weighted by atomic mass is 9.64. The third kappa shape index (κ3) is 1.91. The van der Waals surface area contributed by atoms with Gasteiger partial charge in [-0.15, -0.1) is 0 Å². The third-order valence-corrected chi connectivity index (χ3v) is 4.78. The van der Waals surface area contributed by atoms with E-state index in [1.165, 1.54) is 12.1 Å². The number of hydrogen-bond donors (Lipinski definition) is 1. The Hall–Kier alpha value is -1.20. The highest BCUT2D eigenvalue weighted by atomic mass is 32.1. The maximum Gasteiger partial charge on any atom is 0.178 e. The molecule has 1 fully saturated rings. The molecule has 0 amide bonds. The van der Waals surface area contributed by atoms with E-state index < -0.39 is 0 Å². The van der Waals surface area contributed by atoms with Crippen LogP contribution in [0.25, 0.3) is 11.0 Å². The van der Waals surface area contributed by atoms with Crippen LogP contribution in [0.3, 0.4) is 0 Å². The molecule has 3 rings (SSSR count). The third-order valence-electron chi connectivity index (χ3n) is 4.48. The second-order valence-corrected chi connectivity index (χ2v) is 6.37. The molecular formula is C15H19FN2OS. The van der Waals surface area contributed by atoms with Crippen molar-refractivity contribution in [3.05, 3.63) is 28.8 Å². The van der Waals surface area contributed by atoms with Crippen molar-refractivity contribution < 1.29 is 9.13 Å². The van der Waals surface area contributed by atoms with Gasteiger partial charge in [0.05, 0.1) is 17.1 Å². The van der Waals surface area contributed by atoms with Gasteiger partial charge in [0.2, 0.25) is 0 Å². The Morgan fingerprint density at radius 1 is 1.50 bits per heavy atom. The lowest BCUT2D eigenvalue weighted by Crippen LogP contribution is -2.51. The van der Waals surface area contributed by atoms with Crippen molar-refractivity contribution in [1.29, 1.82) is 0 Å². The van der Waals surface area contributed by atoms with E-state index in [1.54, 1.807) is 6.07 Å². The van der Waals surface area contributed by atoms with Crippen molar-refractivity contribution in [2.75, 3.05) is 6.61 Å². The lowest BCUT2D eigenvalue weighted by Gasteiger charge is -2.52. The number of hydrogen-bond acceptors (Lipinski definition) is 2. The van der Waals surface area contributed by atoms with Crippen LogP contribution in [0.4, 0.5) is 4.39 Å². The minimum Gasteiger partial charge on any atom is -0.378 e. The van der Waals surface area contributed by atoms with Crippen LogP contribution in [0.1, 0.15) is 33.2 Å². The number of aromatic nitrogens is 2. The summed E-state index contributed by atoms with van der Waals surface area (Å²) in [5, 5.41) is 0. The molecule has 1 aliphatic carbocycles. The molecule has 1 N–H and O–H groups in total. The van der Waals surface area contributed by atoms with Crippen LogP contribution in [-0.4, -0.2) is 22.3 Å². The molecule has 2 atom stereocenters. The molecule has 1 aliphatic rings. The predicted octanol–water partition coefficient (Wildman–Crippen LogP) is 4.21. The van der Waals surface area contributed by atoms with Crippen molar-refractivity contribution in [2.24, 2.45) is 5.41 Å². The molecule has 1 saturated carbocycles. The van der Waals surface area contributed by atoms with Crippen LogP contribution in [0.2, 0.25) is 0 Å². The zero-order valence-electron chi connectivity index (χ0n) is 11.9. The van der Waals surface area contributed by atoms with Gasteiger partial charge < -0.3 is 14.3 Å². The summed E-state index contributed by atoms with van der Waals surface area (Å²) in [4.78, 5) is 3.10. The van der Waals surface area contributed by atoms with Gasteiger partial charge in [-0.25, -0.2) is 4.39 Å². The van der Waals surface area contributed by atoms with E-state index in [9.17, 15) is 4.39 Å². The molecular weight excluding hydrogens is 275 g/mol. The van der Waals surface area contributed by atoms with E-state index in [1.807, 2.05) is 6.92 Å². The molecule has 20 heavy (non-hydrogen) atoms. The largest absolute Gasteiger partial charge is 0.378 e. The Balaban J connectivity index is 2.04. The number of aromatic amines is 1. The Kier molecular flexibility index (Phi) is 3.21. The van der Waals surface area contributed by atoms with Crippen LogP contribution in [0, 0.1) is 16.0 Å². The lowest BCUT2D eigenvalue weighted by molar-refractivity contribution is -0.127. The normalized spacial score (nSPS) is 24.8. The first-order valence-corrected chi connectivity index (χ1v) is 7.37. The van der Waals surface area contributed by atoms with E-state index in [4.69, 9.17) is 17.0 Å². The van der Waals surface area contributed by atoms with E-state index in [0.717, 1.165) is 24.1 Å². The van der Waals surface area contributed by atoms with Crippen molar-refractivity contribution in [2.45, 2.75) is 39.3 Å². The zero-order chi connectivity index (χ0) is 14.5. The summed E-state index contributed by atoms with van der Waals surface area (Å²) in [6, 6.07) is 5.05. The summed E-state index contributed by atoms with van der Waals surface area (Å²) in [6.07, 6.45) is 1.20. The smallest absolute Gasteiger partial charge is 0.178 e. The van der Waals surface area contributed by atoms with Crippen molar-refractivity contribution in [3.63, 3.8) is 0 Å². The maximum absolute atomic E-state index is 13.3. The zero-order valence-corrected chi connectivity index (χ0v) is 12.8. The molecule has 1 aromatic carbocycles. The Morgan fingerprint density at radius 3 is 2.90 bits per heavy atom. The van der Waals surface area contributed by atoms with E-state index in [0.29, 0.717) is 4.77 Å². The molecule has 0 spiro atoms. The van der Waals surface area contributed by atoms with Gasteiger partial charge in [-0.05, 0) is 43.8 Å². The monoisotopic (exact) mass is 294 g/mol. The quantitative estimate of drug-likeness (QED) is 0.859. The number of nitrogens with one attached hydrogen (secondary N) is 1. The first-order valence-electron chi connectivity index (χ1n) is 6.96. The van der Waals surface area contributed by atoms with Gasteiger partial charge in [-0.3, -0.25) is 0 Å². The molecule has 2 aromatic rings. The average molecular weight is 294 g/mol. The first-order chi connectivity index (χ1) is 9.45. The number of ether oxygens (including phenoxy) is 1. The number of fused-ring (bicyclic) bond motifs is 1. The molecule has 108 valence electrons. The number of benzene rings is 1. The van der Waals surface area contributed by atoms with Crippen LogP contribution in [0.5, 0.6) is 0 Å². The number of H-pyrrole nitrogens is 1. The molecule has 0 saturated heterocycles. The summed E-state index contributed by atoms with van der Waals surface area (Å²) in [6.45, 7) is 7.14. The number of imidazole rings is 1. The van der Waals surface area contributed by atoms with Gasteiger partial charge in [0.1, 0.15) is 5.82 Å². The van der Waals surface area contributed by atoms with Crippen LogP contribution in [-0.2, 0) is 4.74 Å². The van der Waals surface area contributed by atoms with Gasteiger partial charge in [0, 0.05) is 18.1 Å². The highest BCUT2D eigenvalue weighted by Crippen LogP contribution is 2.52. The molecule has 1 heterocycles. The SMILES string of the molecule is CCOC1CC(n2c(=S)[nH]c3cc(F)ccc32)C1(C)C. The van der Waals surface area contributed by atoms with Crippen molar-refractivity contribution >= 4 is 23.3 Å². The molecule has 1 aromatic heterocycles. The van der Waals surface area contributed by atoms with Crippen molar-refractivity contribution in [3.8, 4) is 0 Å². The highest BCUT2D eigenvalue weighted by molar-refractivity contribution is 7.71. The van der Waals surface area contributed by atoms with E-state index >= 15 is 0 Å². The Morgan fingerprint density at radius 2 is 2.25 bits per heavy atom. The van der Waals surface area contributed by atoms with Gasteiger partial charge in [0.25, 0.3) is 0 Å². The summed E-state index contributed by atoms with van der Waals surface area (Å²) in [5.74, 6) is -0.249. The summed E-state index contributed by atoms with van der Waals surface area (Å²) >= 11 is 5.42. The first kappa shape index (κ1) is 13.8. The molecule has 0 aliphatic heterocycles. The summed E-state index contributed by atoms with van der Waals surface area (Å²) < 4.78 is 21.8. The van der Waals surface area contributed by atoms with Crippen LogP contribution >= 0.6 is 12.2 Å². The molecule has 5 heteroatoms. The van der Waals surface area contributed by atoms with E-state index in [-0.39, 0.29) is 23.4 Å². The van der Waals surface area contributed by atoms with Gasteiger partial charge in [-0.1, -0.05) is 13.8 Å². The van der Waals surface area contributed by atoms with Gasteiger partial charge in [-0.2, -0.15) is 0 Å². The standard InChI is InChI=1S/C15H19FN2OS/c1-4-19-13-8-12(15(13,2)3)18-11-6-5-9(16)7-10(11)17-14(18)20/h5-7,12-13H,4,8H2,1-3H3,(H,17,20). The Labute approximate surface area is 122 Å². The number of rotatable bonds is 3. The fraction of sp³-hybridized carbons (Fsp3) is 0.533. The molecule has 0 bridgehead atoms. The molecule has 2 unspecified atom stereocenters. The predicted molar refractivity (Wildman–Crippen MR) is 79.9 cm³/mol. The minimum absolute atomic E-state index is 0.0255. The molecule has 0 radical (unpaired) electrons. The fourth-order valence-electron chi connectivity index (χ4n) is 3.20. The second kappa shape index (κ2) is 4.67. The maximum atomic E-state index is 13.3. The molecule has 3 nitrogen and oxygen atoms in total. The van der Waals surface area contributed by atoms with Crippen molar-refractivity contribution in [1.82, 2.24) is 9.55 Å². The van der Waals surface area contributed by atoms with Crippen LogP contribution < -0.4 is 0 Å². The summed E-state index contributed by atoms with van der Waals surface area (Å²) in [5.41, 5.74) is 1.74. The minimum atomic E-state index is -0.249. The van der Waals surface area contributed by atoms with Crippen LogP contribution in [0.15, 0.2) is 18.2 Å². The fourth-order valence-corrected chi connectivity index (χ4v) is 3.53. The number of halogens is 1. The van der Waals surface area contributed by atoms with E-state index in [2.05, 4.69) is 23.4 Å². The van der Waals surface area contributed by atoms with Gasteiger partial charge >= 0.3 is 0 Å². The summed E-state index contributed by atoms with van der Waals surface area (Å²) in [7, 11) is 0.